The van der Waals surface area contributed by atoms with Gasteiger partial charge in [-0.3, -0.25) is 4.79 Å². The second kappa shape index (κ2) is 20.1. The molecule has 0 spiro atoms. The number of ether oxygens (including phenoxy) is 3. The smallest absolute Gasteiger partial charge is 0.161 e. The summed E-state index contributed by atoms with van der Waals surface area (Å²) in [5, 5.41) is 23.7. The van der Waals surface area contributed by atoms with E-state index in [0.717, 1.165) is 71.6 Å². The molecule has 0 radical (unpaired) electrons. The second-order valence-electron chi connectivity index (χ2n) is 15.5. The predicted molar refractivity (Wildman–Crippen MR) is 225 cm³/mol. The fourth-order valence-electron chi connectivity index (χ4n) is 8.30. The summed E-state index contributed by atoms with van der Waals surface area (Å²) in [7, 11) is 1.63. The van der Waals surface area contributed by atoms with E-state index in [1.54, 1.807) is 13.2 Å². The number of phenolic OH excluding ortho intramolecular Hbond substituents is 1. The van der Waals surface area contributed by atoms with Gasteiger partial charge in [0.05, 0.1) is 7.11 Å². The third-order valence-corrected chi connectivity index (χ3v) is 11.5. The molecule has 56 heavy (non-hydrogen) atoms. The Kier molecular flexibility index (Phi) is 14.6. The summed E-state index contributed by atoms with van der Waals surface area (Å²) in [6.07, 6.45) is 20.2. The number of aliphatic hydroxyl groups excluding tert-OH is 1. The van der Waals surface area contributed by atoms with Gasteiger partial charge < -0.3 is 24.4 Å². The van der Waals surface area contributed by atoms with E-state index in [1.807, 2.05) is 42.5 Å². The molecule has 3 aliphatic rings. The van der Waals surface area contributed by atoms with E-state index in [2.05, 4.69) is 62.3 Å². The van der Waals surface area contributed by atoms with Crippen LogP contribution in [0.3, 0.4) is 0 Å². The van der Waals surface area contributed by atoms with Gasteiger partial charge in [-0.2, -0.15) is 0 Å². The quantitative estimate of drug-likeness (QED) is 0.104. The highest BCUT2D eigenvalue weighted by Gasteiger charge is 2.27. The van der Waals surface area contributed by atoms with E-state index in [-0.39, 0.29) is 35.5 Å². The molecule has 2 N–H and O–H groups in total. The molecule has 0 saturated heterocycles. The number of aromatic hydroxyl groups is 1. The predicted octanol–water partition coefficient (Wildman–Crippen LogP) is 11.3. The first-order chi connectivity index (χ1) is 27.3. The van der Waals surface area contributed by atoms with Gasteiger partial charge in [0, 0.05) is 24.8 Å². The molecule has 294 valence electrons. The minimum atomic E-state index is -0.458. The molecule has 0 fully saturated rings. The number of rotatable bonds is 13. The molecular weight excluding hydrogens is 697 g/mol. The van der Waals surface area contributed by atoms with Crippen molar-refractivity contribution in [1.82, 2.24) is 0 Å². The van der Waals surface area contributed by atoms with Gasteiger partial charge in [-0.05, 0) is 138 Å². The van der Waals surface area contributed by atoms with Crippen molar-refractivity contribution in [3.63, 3.8) is 0 Å². The number of Topliss-reactive ketones (excluding diaryl/α,β-unsaturated/α-hetero) is 1. The largest absolute Gasteiger partial charge is 0.508 e. The molecular formula is C50H58O6. The monoisotopic (exact) mass is 754 g/mol. The van der Waals surface area contributed by atoms with E-state index in [1.165, 1.54) is 30.4 Å². The maximum atomic E-state index is 13.6. The summed E-state index contributed by atoms with van der Waals surface area (Å²) in [5.74, 6) is 5.21. The lowest BCUT2D eigenvalue weighted by atomic mass is 9.80. The van der Waals surface area contributed by atoms with Crippen LogP contribution >= 0.6 is 0 Å². The van der Waals surface area contributed by atoms with E-state index in [4.69, 9.17) is 14.2 Å². The summed E-state index contributed by atoms with van der Waals surface area (Å²) < 4.78 is 18.2. The number of hydrogen-bond donors (Lipinski definition) is 2. The van der Waals surface area contributed by atoms with Crippen LogP contribution in [0.2, 0.25) is 0 Å². The number of unbranched alkanes of at least 4 members (excludes halogenated alkanes) is 3. The second-order valence-corrected chi connectivity index (χ2v) is 15.5. The Hall–Kier alpha value is -5.15. The van der Waals surface area contributed by atoms with Gasteiger partial charge in [0.1, 0.15) is 36.1 Å². The zero-order valence-electron chi connectivity index (χ0n) is 33.4. The fourth-order valence-corrected chi connectivity index (χ4v) is 8.30. The number of allylic oxidation sites excluding steroid dienone is 3. The van der Waals surface area contributed by atoms with Gasteiger partial charge in [0.2, 0.25) is 0 Å². The molecule has 7 rings (SSSR count). The molecule has 2 heterocycles. The fraction of sp³-hybridized carbons (Fsp3) is 0.420. The minimum Gasteiger partial charge on any atom is -0.508 e. The Morgan fingerprint density at radius 2 is 1.62 bits per heavy atom. The van der Waals surface area contributed by atoms with Crippen LogP contribution in [0.25, 0.3) is 10.8 Å². The zero-order chi connectivity index (χ0) is 39.3. The first-order valence-electron chi connectivity index (χ1n) is 20.7. The highest BCUT2D eigenvalue weighted by molar-refractivity contribution is 5.91. The number of benzene rings is 4. The Morgan fingerprint density at radius 3 is 2.39 bits per heavy atom. The van der Waals surface area contributed by atoms with Gasteiger partial charge in [-0.15, -0.1) is 0 Å². The summed E-state index contributed by atoms with van der Waals surface area (Å²) in [6.45, 7) is 4.68. The lowest BCUT2D eigenvalue weighted by Gasteiger charge is -2.28. The molecule has 0 unspecified atom stereocenters. The molecule has 0 saturated carbocycles. The maximum absolute atomic E-state index is 13.6. The number of ketones is 1. The van der Waals surface area contributed by atoms with E-state index < -0.39 is 6.10 Å². The van der Waals surface area contributed by atoms with Gasteiger partial charge in [0.15, 0.2) is 11.5 Å². The third-order valence-electron chi connectivity index (χ3n) is 11.5. The average molecular weight is 755 g/mol. The lowest BCUT2D eigenvalue weighted by Crippen LogP contribution is -2.24. The summed E-state index contributed by atoms with van der Waals surface area (Å²) in [6, 6.07) is 22.7. The van der Waals surface area contributed by atoms with Crippen molar-refractivity contribution in [2.75, 3.05) is 7.11 Å². The molecule has 4 aromatic rings. The summed E-state index contributed by atoms with van der Waals surface area (Å²) in [5.41, 5.74) is 6.72. The lowest BCUT2D eigenvalue weighted by molar-refractivity contribution is -0.121. The van der Waals surface area contributed by atoms with Crippen LogP contribution in [0.1, 0.15) is 105 Å². The molecule has 3 atom stereocenters. The van der Waals surface area contributed by atoms with Crippen molar-refractivity contribution in [1.29, 1.82) is 0 Å². The van der Waals surface area contributed by atoms with Crippen LogP contribution < -0.4 is 9.47 Å². The average Bonchev–Trinajstić information content (AvgIpc) is 3.20. The van der Waals surface area contributed by atoms with Gasteiger partial charge in [-0.1, -0.05) is 87.6 Å². The molecule has 0 aromatic heterocycles. The standard InChI is InChI=1S/C50H58O6/c1-4-6-7-13-38-14-8-9-15-39(38)16-10-11-17-40-22-24-42(51)30-41(40)31-44-33-43(52)23-19-35-21-26-49(54-3)50(29-35)56-34-36-20-25-45-46(18-12-27-55-44)48(53)32-37(5-2)47(45)28-36/h8-9,14-15,20-22,24-26,28-30,32,40-41,44,51,53H,4-7,10-11,13,16-19,23,31,33-34H2,1-3H3/t40-,41+,44+/m1/s1. The van der Waals surface area contributed by atoms with Crippen molar-refractivity contribution in [2.45, 2.75) is 116 Å². The Bertz CT molecular complexity index is 2080. The zero-order valence-corrected chi connectivity index (χ0v) is 33.4. The van der Waals surface area contributed by atoms with Crippen molar-refractivity contribution < 1.29 is 29.2 Å². The molecule has 4 aromatic carbocycles. The molecule has 2 aliphatic heterocycles. The number of methoxy groups -OCH3 is 1. The number of carbonyl (C=O) groups excluding carboxylic acids is 1. The topological polar surface area (TPSA) is 85.2 Å². The Labute approximate surface area is 333 Å². The van der Waals surface area contributed by atoms with Crippen LogP contribution in [0.5, 0.6) is 17.2 Å². The van der Waals surface area contributed by atoms with Gasteiger partial charge in [-0.25, -0.2) is 0 Å². The van der Waals surface area contributed by atoms with E-state index in [0.29, 0.717) is 43.8 Å². The Morgan fingerprint density at radius 1 is 0.839 bits per heavy atom. The van der Waals surface area contributed by atoms with E-state index >= 15 is 0 Å². The summed E-state index contributed by atoms with van der Waals surface area (Å²) >= 11 is 0. The van der Waals surface area contributed by atoms with Gasteiger partial charge in [0.25, 0.3) is 0 Å². The van der Waals surface area contributed by atoms with Crippen LogP contribution in [0, 0.1) is 23.9 Å². The number of carbonyl (C=O) groups is 1. The number of hydrogen-bond acceptors (Lipinski definition) is 6. The molecule has 1 aliphatic carbocycles. The first-order valence-corrected chi connectivity index (χ1v) is 20.7. The SMILES string of the molecule is CCCCCc1ccccc1CCCC[C@@H]1C=CC(O)=C[C@H]1C[C@H]1CC(=O)CCc2ccc(OC)c(c2)OCc2ccc3c(c(O)cc(CC)c3c2)CC#CO1. The van der Waals surface area contributed by atoms with Crippen molar-refractivity contribution in [3.8, 4) is 29.3 Å². The highest BCUT2D eigenvalue weighted by atomic mass is 16.5. The molecule has 6 bridgehead atoms. The van der Waals surface area contributed by atoms with Crippen LogP contribution in [0.4, 0.5) is 0 Å². The first kappa shape index (κ1) is 40.5. The van der Waals surface area contributed by atoms with Crippen molar-refractivity contribution in [2.24, 2.45) is 11.8 Å². The third kappa shape index (κ3) is 10.8. The number of fused-ring (bicyclic) bond motifs is 9. The molecule has 6 heteroatoms. The number of aryl methyl sites for hydroxylation is 4. The molecule has 6 nitrogen and oxygen atoms in total. The van der Waals surface area contributed by atoms with Crippen LogP contribution in [0.15, 0.2) is 90.7 Å². The van der Waals surface area contributed by atoms with Gasteiger partial charge >= 0.3 is 0 Å². The normalized spacial score (nSPS) is 18.6. The minimum absolute atomic E-state index is 0.00704. The van der Waals surface area contributed by atoms with Crippen LogP contribution in [-0.4, -0.2) is 29.2 Å². The number of phenols is 1. The Balaban J connectivity index is 1.20. The molecule has 0 amide bonds. The van der Waals surface area contributed by atoms with Crippen LogP contribution in [-0.2, 0) is 48.2 Å². The summed E-state index contributed by atoms with van der Waals surface area (Å²) in [4.78, 5) is 13.6. The van der Waals surface area contributed by atoms with E-state index in [9.17, 15) is 15.0 Å². The highest BCUT2D eigenvalue weighted by Crippen LogP contribution is 2.35. The maximum Gasteiger partial charge on any atom is 0.161 e. The van der Waals surface area contributed by atoms with Crippen molar-refractivity contribution in [3.05, 3.63) is 124 Å². The van der Waals surface area contributed by atoms with Crippen molar-refractivity contribution >= 4 is 16.6 Å². The number of aliphatic hydroxyl groups is 1.